The molecular weight excluding hydrogens is 498 g/mol. The van der Waals surface area contributed by atoms with E-state index in [-0.39, 0.29) is 24.8 Å². The Balaban J connectivity index is 0.00000102. The van der Waals surface area contributed by atoms with Crippen molar-refractivity contribution in [2.45, 2.75) is 15.5 Å². The number of halogens is 2. The molecule has 7 rings (SSSR count). The topological polar surface area (TPSA) is 0 Å². The maximum atomic E-state index is 2.43. The van der Waals surface area contributed by atoms with Gasteiger partial charge in [-0.2, -0.15) is 0 Å². The average Bonchev–Trinajstić information content (AvgIpc) is 3.38. The first-order chi connectivity index (χ1) is 14.4. The molecule has 0 spiro atoms. The predicted octanol–water partition coefficient (Wildman–Crippen LogP) is 1.54. The maximum absolute atomic E-state index is 2.55. The van der Waals surface area contributed by atoms with Crippen LogP contribution in [0.15, 0.2) is 97.1 Å². The van der Waals surface area contributed by atoms with Gasteiger partial charge in [-0.25, -0.2) is 0 Å². The van der Waals surface area contributed by atoms with Crippen LogP contribution in [0.4, 0.5) is 0 Å². The number of hydrogen-bond donors (Lipinski definition) is 0. The van der Waals surface area contributed by atoms with E-state index < -0.39 is 20.3 Å². The summed E-state index contributed by atoms with van der Waals surface area (Å²) in [6, 6.07) is 37.1. The Morgan fingerprint density at radius 3 is 0.935 bits per heavy atom. The van der Waals surface area contributed by atoms with Gasteiger partial charge < -0.3 is 24.8 Å². The van der Waals surface area contributed by atoms with Crippen LogP contribution < -0.4 is 24.8 Å². The van der Waals surface area contributed by atoms with Gasteiger partial charge in [-0.15, -0.1) is 0 Å². The van der Waals surface area contributed by atoms with Crippen LogP contribution in [0, 0.1) is 0 Å². The van der Waals surface area contributed by atoms with Crippen molar-refractivity contribution in [3.63, 3.8) is 0 Å². The fourth-order valence-electron chi connectivity index (χ4n) is 6.44. The van der Waals surface area contributed by atoms with Gasteiger partial charge in [0.15, 0.2) is 0 Å². The minimum atomic E-state index is -2.55. The molecule has 0 atom stereocenters. The van der Waals surface area contributed by atoms with E-state index in [9.17, 15) is 0 Å². The first-order valence-electron chi connectivity index (χ1n) is 10.7. The molecule has 0 nitrogen and oxygen atoms in total. The second-order valence-electron chi connectivity index (χ2n) is 8.95. The molecule has 4 aromatic rings. The Morgan fingerprint density at radius 2 is 0.677 bits per heavy atom. The first-order valence-corrected chi connectivity index (χ1v) is 17.1. The van der Waals surface area contributed by atoms with Crippen molar-refractivity contribution in [3.05, 3.63) is 119 Å². The Morgan fingerprint density at radius 1 is 0.419 bits per heavy atom. The quantitative estimate of drug-likeness (QED) is 0.376. The van der Waals surface area contributed by atoms with E-state index in [0.29, 0.717) is 7.25 Å². The first kappa shape index (κ1) is 21.2. The molecule has 0 saturated carbocycles. The second-order valence-corrected chi connectivity index (χ2v) is 20.3. The van der Waals surface area contributed by atoms with Crippen molar-refractivity contribution in [2.24, 2.45) is 0 Å². The number of rotatable bonds is 2. The molecule has 1 saturated heterocycles. The Hall–Kier alpha value is -1.66. The van der Waals surface area contributed by atoms with Gasteiger partial charge in [-0.05, 0) is 0 Å². The van der Waals surface area contributed by atoms with Crippen molar-refractivity contribution >= 4 is 0 Å². The molecule has 3 heteroatoms. The normalized spacial score (nSPS) is 15.9. The van der Waals surface area contributed by atoms with Crippen molar-refractivity contribution in [1.29, 1.82) is 0 Å². The van der Waals surface area contributed by atoms with Crippen LogP contribution in [0.25, 0.3) is 22.3 Å². The SMILES string of the molecule is [Cl-].[Cl-].c1ccc2c(c1)-c1ccccc1[CH]2[Zr+2]1([CH]2c3ccccc3-c3ccccc32)[CH2][CH2]1. The van der Waals surface area contributed by atoms with Crippen LogP contribution in [0.5, 0.6) is 0 Å². The van der Waals surface area contributed by atoms with Crippen molar-refractivity contribution < 1.29 is 45.1 Å². The molecule has 4 aromatic carbocycles. The number of benzene rings is 4. The molecular formula is C28H22Cl2Zr. The number of fused-ring (bicyclic) bond motifs is 6. The van der Waals surface area contributed by atoms with E-state index >= 15 is 0 Å². The van der Waals surface area contributed by atoms with Crippen LogP contribution in [-0.2, 0) is 20.3 Å². The molecule has 0 aromatic heterocycles. The third kappa shape index (κ3) is 2.83. The summed E-state index contributed by atoms with van der Waals surface area (Å²) in [5.74, 6) is 0. The average molecular weight is 521 g/mol. The summed E-state index contributed by atoms with van der Waals surface area (Å²) in [5, 5.41) is 0. The van der Waals surface area contributed by atoms with Gasteiger partial charge in [0.1, 0.15) is 0 Å². The molecule has 0 unspecified atom stereocenters. The molecule has 0 N–H and O–H groups in total. The van der Waals surface area contributed by atoms with E-state index in [4.69, 9.17) is 0 Å². The zero-order valence-electron chi connectivity index (χ0n) is 17.1. The number of hydrogen-bond acceptors (Lipinski definition) is 0. The van der Waals surface area contributed by atoms with Crippen LogP contribution >= 0.6 is 0 Å². The van der Waals surface area contributed by atoms with Crippen molar-refractivity contribution in [1.82, 2.24) is 0 Å². The standard InChI is InChI=1S/2C13H9.C2H4.2ClH.Zr/c2*1-3-7-12-10(5-1)9-11-6-2-4-8-13(11)12;1-2;;;/h2*1-9H;1-2H2;2*1H;/q;;;;;+2/p-2. The molecule has 152 valence electrons. The van der Waals surface area contributed by atoms with E-state index in [1.807, 2.05) is 0 Å². The summed E-state index contributed by atoms with van der Waals surface area (Å²) in [4.78, 5) is 0. The summed E-state index contributed by atoms with van der Waals surface area (Å²) in [5.41, 5.74) is 12.5. The van der Waals surface area contributed by atoms with Gasteiger partial charge >= 0.3 is 177 Å². The second kappa shape index (κ2) is 7.73. The van der Waals surface area contributed by atoms with Crippen LogP contribution in [0.2, 0.25) is 8.26 Å². The van der Waals surface area contributed by atoms with Gasteiger partial charge in [0.25, 0.3) is 0 Å². The van der Waals surface area contributed by atoms with Crippen LogP contribution in [0.3, 0.4) is 0 Å². The fourth-order valence-corrected chi connectivity index (χ4v) is 23.6. The van der Waals surface area contributed by atoms with Gasteiger partial charge in [0.2, 0.25) is 0 Å². The third-order valence-electron chi connectivity index (χ3n) is 7.64. The van der Waals surface area contributed by atoms with E-state index in [1.54, 1.807) is 22.3 Å². The molecule has 1 heterocycles. The van der Waals surface area contributed by atoms with Crippen molar-refractivity contribution in [2.75, 3.05) is 0 Å². The van der Waals surface area contributed by atoms with Gasteiger partial charge in [-0.3, -0.25) is 0 Å². The van der Waals surface area contributed by atoms with E-state index in [0.717, 1.165) is 0 Å². The molecule has 1 aliphatic heterocycles. The Kier molecular flexibility index (Phi) is 5.29. The summed E-state index contributed by atoms with van der Waals surface area (Å²) in [6.07, 6.45) is 0. The zero-order valence-corrected chi connectivity index (χ0v) is 21.0. The summed E-state index contributed by atoms with van der Waals surface area (Å²) in [6.45, 7) is 0. The van der Waals surface area contributed by atoms with E-state index in [2.05, 4.69) is 97.1 Å². The van der Waals surface area contributed by atoms with E-state index in [1.165, 1.54) is 30.5 Å². The molecule has 2 aliphatic carbocycles. The molecule has 0 radical (unpaired) electrons. The molecule has 3 aliphatic rings. The monoisotopic (exact) mass is 518 g/mol. The Labute approximate surface area is 200 Å². The minimum absolute atomic E-state index is 0. The predicted molar refractivity (Wildman–Crippen MR) is 117 cm³/mol. The van der Waals surface area contributed by atoms with Gasteiger partial charge in [-0.1, -0.05) is 0 Å². The fraction of sp³-hybridized carbons (Fsp3) is 0.143. The molecule has 1 fully saturated rings. The van der Waals surface area contributed by atoms with Gasteiger partial charge in [0.05, 0.1) is 0 Å². The Bertz CT molecular complexity index is 1100. The summed E-state index contributed by atoms with van der Waals surface area (Å²) < 4.78 is 4.41. The molecule has 31 heavy (non-hydrogen) atoms. The summed E-state index contributed by atoms with van der Waals surface area (Å²) in [7, 11) is 0. The molecule has 0 bridgehead atoms. The summed E-state index contributed by atoms with van der Waals surface area (Å²) >= 11 is -2.55. The zero-order chi connectivity index (χ0) is 19.0. The van der Waals surface area contributed by atoms with Crippen molar-refractivity contribution in [3.8, 4) is 22.3 Å². The molecule has 0 amide bonds. The van der Waals surface area contributed by atoms with Crippen LogP contribution in [0.1, 0.15) is 29.5 Å². The van der Waals surface area contributed by atoms with Gasteiger partial charge in [0, 0.05) is 0 Å². The van der Waals surface area contributed by atoms with Crippen LogP contribution in [-0.4, -0.2) is 0 Å². The third-order valence-corrected chi connectivity index (χ3v) is 20.4.